The summed E-state index contributed by atoms with van der Waals surface area (Å²) in [7, 11) is 1.17. The lowest BCUT2D eigenvalue weighted by Crippen LogP contribution is -2.45. The maximum atomic E-state index is 13.5. The number of Topliss-reactive ketones (excluding diaryl/α,β-unsaturated/α-hetero) is 1. The molecular weight excluding hydrogens is 325 g/mol. The molecule has 130 valence electrons. The Kier molecular flexibility index (Phi) is 3.75. The van der Waals surface area contributed by atoms with Gasteiger partial charge in [-0.2, -0.15) is 13.2 Å². The molecule has 3 rings (SSSR count). The Morgan fingerprint density at radius 2 is 1.92 bits per heavy atom. The van der Waals surface area contributed by atoms with Crippen LogP contribution < -0.4 is 0 Å². The maximum Gasteiger partial charge on any atom is 0.421 e. The number of fused-ring (bicyclic) bond motifs is 2. The summed E-state index contributed by atoms with van der Waals surface area (Å²) in [5.41, 5.74) is -3.91. The highest BCUT2D eigenvalue weighted by atomic mass is 19.4. The van der Waals surface area contributed by atoms with Crippen LogP contribution in [0, 0.1) is 5.92 Å². The van der Waals surface area contributed by atoms with E-state index in [0.29, 0.717) is 5.56 Å². The molecule has 1 spiro atoms. The van der Waals surface area contributed by atoms with Crippen LogP contribution in [0.1, 0.15) is 36.8 Å². The van der Waals surface area contributed by atoms with E-state index in [4.69, 9.17) is 0 Å². The lowest BCUT2D eigenvalue weighted by Gasteiger charge is -2.37. The Balaban J connectivity index is 2.02. The first-order valence-electron chi connectivity index (χ1n) is 7.64. The van der Waals surface area contributed by atoms with E-state index >= 15 is 0 Å². The molecule has 2 aliphatic carbocycles. The van der Waals surface area contributed by atoms with Crippen molar-refractivity contribution in [3.05, 3.63) is 35.4 Å². The molecule has 2 aliphatic rings. The van der Waals surface area contributed by atoms with Crippen molar-refractivity contribution in [2.75, 3.05) is 7.11 Å². The summed E-state index contributed by atoms with van der Waals surface area (Å²) in [6.45, 7) is 0. The number of hydrogen-bond donors (Lipinski definition) is 1. The number of alkyl halides is 3. The zero-order valence-corrected chi connectivity index (χ0v) is 13.0. The molecule has 1 N–H and O–H groups in total. The first kappa shape index (κ1) is 17.0. The summed E-state index contributed by atoms with van der Waals surface area (Å²) in [4.78, 5) is 24.0. The lowest BCUT2D eigenvalue weighted by molar-refractivity contribution is -0.269. The van der Waals surface area contributed by atoms with Gasteiger partial charge in [-0.3, -0.25) is 9.59 Å². The third kappa shape index (κ3) is 2.25. The molecule has 0 amide bonds. The fourth-order valence-electron chi connectivity index (χ4n) is 4.14. The smallest absolute Gasteiger partial charge is 0.421 e. The summed E-state index contributed by atoms with van der Waals surface area (Å²) in [5, 5.41) is 10.4. The van der Waals surface area contributed by atoms with Crippen LogP contribution in [0.5, 0.6) is 0 Å². The van der Waals surface area contributed by atoms with Gasteiger partial charge in [-0.05, 0) is 30.4 Å². The molecule has 2 unspecified atom stereocenters. The number of ketones is 1. The van der Waals surface area contributed by atoms with E-state index in [1.807, 2.05) is 0 Å². The maximum absolute atomic E-state index is 13.5. The summed E-state index contributed by atoms with van der Waals surface area (Å²) in [5.74, 6) is -2.03. The number of benzene rings is 1. The number of aliphatic hydroxyl groups is 1. The van der Waals surface area contributed by atoms with Crippen LogP contribution in [0.2, 0.25) is 0 Å². The molecule has 7 heteroatoms. The summed E-state index contributed by atoms with van der Waals surface area (Å²) < 4.78 is 45.1. The second kappa shape index (κ2) is 5.31. The molecule has 1 fully saturated rings. The minimum Gasteiger partial charge on any atom is -0.468 e. The van der Waals surface area contributed by atoms with E-state index in [0.717, 1.165) is 0 Å². The molecule has 1 aromatic carbocycles. The molecule has 24 heavy (non-hydrogen) atoms. The van der Waals surface area contributed by atoms with Crippen LogP contribution in [0.4, 0.5) is 13.2 Å². The lowest BCUT2D eigenvalue weighted by atomic mass is 9.66. The third-order valence-corrected chi connectivity index (χ3v) is 5.31. The van der Waals surface area contributed by atoms with Gasteiger partial charge in [0.2, 0.25) is 0 Å². The van der Waals surface area contributed by atoms with E-state index in [2.05, 4.69) is 4.74 Å². The average molecular weight is 342 g/mol. The molecule has 0 heterocycles. The molecule has 0 radical (unpaired) electrons. The van der Waals surface area contributed by atoms with Gasteiger partial charge >= 0.3 is 12.1 Å². The molecule has 0 aliphatic heterocycles. The number of rotatable bonds is 1. The molecule has 3 atom stereocenters. The van der Waals surface area contributed by atoms with Gasteiger partial charge in [-0.15, -0.1) is 0 Å². The van der Waals surface area contributed by atoms with Crippen LogP contribution in [-0.4, -0.2) is 30.1 Å². The third-order valence-electron chi connectivity index (χ3n) is 5.31. The van der Waals surface area contributed by atoms with E-state index in [9.17, 15) is 27.9 Å². The topological polar surface area (TPSA) is 63.6 Å². The van der Waals surface area contributed by atoms with E-state index in [-0.39, 0.29) is 24.8 Å². The molecule has 1 saturated carbocycles. The minimum atomic E-state index is -4.84. The fraction of sp³-hybridized carbons (Fsp3) is 0.529. The number of hydrogen-bond acceptors (Lipinski definition) is 4. The van der Waals surface area contributed by atoms with Crippen LogP contribution in [0.3, 0.4) is 0 Å². The molecule has 4 nitrogen and oxygen atoms in total. The van der Waals surface area contributed by atoms with Crippen molar-refractivity contribution in [1.82, 2.24) is 0 Å². The highest BCUT2D eigenvalue weighted by Gasteiger charge is 2.65. The van der Waals surface area contributed by atoms with Gasteiger partial charge in [-0.1, -0.05) is 24.3 Å². The molecule has 0 saturated heterocycles. The quantitative estimate of drug-likeness (QED) is 0.629. The fourth-order valence-corrected chi connectivity index (χ4v) is 4.14. The molecule has 0 bridgehead atoms. The Morgan fingerprint density at radius 1 is 1.29 bits per heavy atom. The SMILES string of the molecule is COC(=O)C1CC[C@@]2(CC1=O)CC(O)(C(F)(F)F)c1ccccc12. The monoisotopic (exact) mass is 342 g/mol. The van der Waals surface area contributed by atoms with Crippen molar-refractivity contribution in [3.8, 4) is 0 Å². The van der Waals surface area contributed by atoms with E-state index in [1.165, 1.54) is 25.3 Å². The Hall–Kier alpha value is -1.89. The van der Waals surface area contributed by atoms with Crippen LogP contribution >= 0.6 is 0 Å². The zero-order chi connectivity index (χ0) is 17.8. The van der Waals surface area contributed by atoms with Crippen molar-refractivity contribution in [3.63, 3.8) is 0 Å². The molecule has 0 aromatic heterocycles. The molecule has 1 aromatic rings. The first-order chi connectivity index (χ1) is 11.1. The van der Waals surface area contributed by atoms with Gasteiger partial charge in [0.15, 0.2) is 5.60 Å². The van der Waals surface area contributed by atoms with Crippen molar-refractivity contribution < 1.29 is 32.6 Å². The average Bonchev–Trinajstić information content (AvgIpc) is 2.77. The highest BCUT2D eigenvalue weighted by Crippen LogP contribution is 2.59. The van der Waals surface area contributed by atoms with Crippen molar-refractivity contribution in [2.24, 2.45) is 5.92 Å². The number of ether oxygens (including phenoxy) is 1. The van der Waals surface area contributed by atoms with Crippen molar-refractivity contribution in [1.29, 1.82) is 0 Å². The predicted molar refractivity (Wildman–Crippen MR) is 77.1 cm³/mol. The van der Waals surface area contributed by atoms with Crippen LogP contribution in [0.25, 0.3) is 0 Å². The number of halogens is 3. The number of carbonyl (C=O) groups excluding carboxylic acids is 2. The van der Waals surface area contributed by atoms with Gasteiger partial charge in [-0.25, -0.2) is 0 Å². The van der Waals surface area contributed by atoms with Gasteiger partial charge in [0, 0.05) is 11.8 Å². The van der Waals surface area contributed by atoms with Gasteiger partial charge in [0.1, 0.15) is 11.7 Å². The summed E-state index contributed by atoms with van der Waals surface area (Å²) in [6, 6.07) is 5.83. The number of carbonyl (C=O) groups is 2. The van der Waals surface area contributed by atoms with Gasteiger partial charge in [0.25, 0.3) is 0 Å². The van der Waals surface area contributed by atoms with Crippen molar-refractivity contribution in [2.45, 2.75) is 42.9 Å². The standard InChI is InChI=1S/C17H17F3O4/c1-24-14(22)10-6-7-15(8-13(10)21)9-16(23,17(18,19)20)12-5-3-2-4-11(12)15/h2-5,10,23H,6-9H2,1H3/t10?,15-,16?/m1/s1. The largest absolute Gasteiger partial charge is 0.468 e. The zero-order valence-electron chi connectivity index (χ0n) is 13.0. The Morgan fingerprint density at radius 3 is 2.46 bits per heavy atom. The van der Waals surface area contributed by atoms with Crippen molar-refractivity contribution >= 4 is 11.8 Å². The number of esters is 1. The Labute approximate surface area is 136 Å². The van der Waals surface area contributed by atoms with Gasteiger partial charge in [0.05, 0.1) is 7.11 Å². The predicted octanol–water partition coefficient (Wildman–Crippen LogP) is 2.62. The van der Waals surface area contributed by atoms with Crippen LogP contribution in [0.15, 0.2) is 24.3 Å². The second-order valence-corrected chi connectivity index (χ2v) is 6.62. The minimum absolute atomic E-state index is 0.119. The highest BCUT2D eigenvalue weighted by molar-refractivity contribution is 6.00. The summed E-state index contributed by atoms with van der Waals surface area (Å²) >= 11 is 0. The second-order valence-electron chi connectivity index (χ2n) is 6.62. The summed E-state index contributed by atoms with van der Waals surface area (Å²) in [6.07, 6.45) is -5.30. The Bertz CT molecular complexity index is 699. The van der Waals surface area contributed by atoms with E-state index in [1.54, 1.807) is 6.07 Å². The van der Waals surface area contributed by atoms with E-state index < -0.39 is 41.3 Å². The molecular formula is C17H17F3O4. The first-order valence-corrected chi connectivity index (χ1v) is 7.64. The van der Waals surface area contributed by atoms with Gasteiger partial charge < -0.3 is 9.84 Å². The van der Waals surface area contributed by atoms with Crippen LogP contribution in [-0.2, 0) is 25.3 Å². The normalized spacial score (nSPS) is 32.7. The number of methoxy groups -OCH3 is 1.